The van der Waals surface area contributed by atoms with Crippen LogP contribution in [0.3, 0.4) is 0 Å². The third-order valence-corrected chi connectivity index (χ3v) is 3.20. The SMILES string of the molecule is COC1OC(CO)C(O)C1Nc1ncnc(Cl)c1N. The fraction of sp³-hybridized carbons (Fsp3) is 0.600. The maximum absolute atomic E-state index is 10.0. The van der Waals surface area contributed by atoms with Crippen molar-refractivity contribution < 1.29 is 19.7 Å². The van der Waals surface area contributed by atoms with Crippen LogP contribution in [0.5, 0.6) is 0 Å². The third kappa shape index (κ3) is 2.72. The number of nitrogens with zero attached hydrogens (tertiary/aromatic N) is 2. The summed E-state index contributed by atoms with van der Waals surface area (Å²) in [6.45, 7) is -0.320. The minimum absolute atomic E-state index is 0.110. The molecule has 106 valence electrons. The van der Waals surface area contributed by atoms with Crippen molar-refractivity contribution in [1.29, 1.82) is 0 Å². The Balaban J connectivity index is 2.19. The van der Waals surface area contributed by atoms with E-state index in [1.807, 2.05) is 0 Å². The number of halogens is 1. The number of hydrogen-bond acceptors (Lipinski definition) is 8. The van der Waals surface area contributed by atoms with Crippen molar-refractivity contribution >= 4 is 23.1 Å². The molecular weight excluding hydrogens is 276 g/mol. The summed E-state index contributed by atoms with van der Waals surface area (Å²) in [6, 6.07) is -0.629. The van der Waals surface area contributed by atoms with E-state index in [1.54, 1.807) is 0 Å². The van der Waals surface area contributed by atoms with E-state index in [0.29, 0.717) is 0 Å². The topological polar surface area (TPSA) is 123 Å². The van der Waals surface area contributed by atoms with Crippen LogP contribution in [0.25, 0.3) is 0 Å². The van der Waals surface area contributed by atoms with Gasteiger partial charge in [0.05, 0.1) is 6.61 Å². The Labute approximate surface area is 114 Å². The molecule has 1 aromatic heterocycles. The Morgan fingerprint density at radius 2 is 2.32 bits per heavy atom. The first-order valence-electron chi connectivity index (χ1n) is 5.58. The third-order valence-electron chi connectivity index (χ3n) is 2.90. The predicted octanol–water partition coefficient (Wildman–Crippen LogP) is -0.783. The van der Waals surface area contributed by atoms with Crippen LogP contribution in [-0.2, 0) is 9.47 Å². The number of anilines is 2. The van der Waals surface area contributed by atoms with Crippen LogP contribution in [0, 0.1) is 0 Å². The summed E-state index contributed by atoms with van der Waals surface area (Å²) in [7, 11) is 1.43. The molecule has 1 aliphatic rings. The molecule has 0 spiro atoms. The molecule has 5 N–H and O–H groups in total. The first kappa shape index (κ1) is 14.2. The Hall–Kier alpha value is -1.19. The van der Waals surface area contributed by atoms with Gasteiger partial charge in [-0.3, -0.25) is 0 Å². The minimum atomic E-state index is -0.969. The molecule has 4 unspecified atom stereocenters. The summed E-state index contributed by atoms with van der Waals surface area (Å²) >= 11 is 5.78. The Morgan fingerprint density at radius 1 is 1.58 bits per heavy atom. The Bertz CT molecular complexity index is 448. The number of aliphatic hydroxyl groups is 2. The number of hydrogen-bond donors (Lipinski definition) is 4. The van der Waals surface area contributed by atoms with Crippen molar-refractivity contribution in [2.24, 2.45) is 0 Å². The molecule has 2 rings (SSSR count). The lowest BCUT2D eigenvalue weighted by atomic mass is 10.1. The van der Waals surface area contributed by atoms with Gasteiger partial charge in [-0.2, -0.15) is 0 Å². The van der Waals surface area contributed by atoms with Crippen LogP contribution in [-0.4, -0.2) is 58.4 Å². The molecule has 19 heavy (non-hydrogen) atoms. The molecule has 0 saturated carbocycles. The molecule has 1 fully saturated rings. The molecule has 4 atom stereocenters. The predicted molar refractivity (Wildman–Crippen MR) is 67.6 cm³/mol. The van der Waals surface area contributed by atoms with E-state index in [-0.39, 0.29) is 23.3 Å². The first-order chi connectivity index (χ1) is 9.08. The van der Waals surface area contributed by atoms with Crippen molar-refractivity contribution in [2.45, 2.75) is 24.5 Å². The average Bonchev–Trinajstić information content (AvgIpc) is 2.71. The molecule has 0 aliphatic carbocycles. The maximum atomic E-state index is 10.0. The van der Waals surface area contributed by atoms with Gasteiger partial charge in [0, 0.05) is 7.11 Å². The maximum Gasteiger partial charge on any atom is 0.180 e. The van der Waals surface area contributed by atoms with Gasteiger partial charge in [-0.05, 0) is 0 Å². The summed E-state index contributed by atoms with van der Waals surface area (Å²) < 4.78 is 10.4. The van der Waals surface area contributed by atoms with Crippen molar-refractivity contribution in [2.75, 3.05) is 24.8 Å². The zero-order valence-electron chi connectivity index (χ0n) is 10.2. The van der Waals surface area contributed by atoms with E-state index in [4.69, 9.17) is 31.9 Å². The molecule has 2 heterocycles. The number of nitrogens with two attached hydrogens (primary N) is 1. The van der Waals surface area contributed by atoms with Gasteiger partial charge < -0.3 is 30.7 Å². The van der Waals surface area contributed by atoms with Gasteiger partial charge in [0.25, 0.3) is 0 Å². The average molecular weight is 291 g/mol. The lowest BCUT2D eigenvalue weighted by Crippen LogP contribution is -2.41. The minimum Gasteiger partial charge on any atom is -0.394 e. The molecule has 8 nitrogen and oxygen atoms in total. The van der Waals surface area contributed by atoms with Gasteiger partial charge in [-0.25, -0.2) is 9.97 Å². The normalized spacial score (nSPS) is 30.5. The first-order valence-corrected chi connectivity index (χ1v) is 5.96. The van der Waals surface area contributed by atoms with E-state index in [0.717, 1.165) is 0 Å². The smallest absolute Gasteiger partial charge is 0.180 e. The van der Waals surface area contributed by atoms with Crippen LogP contribution < -0.4 is 11.1 Å². The monoisotopic (exact) mass is 290 g/mol. The van der Waals surface area contributed by atoms with Gasteiger partial charge in [0.2, 0.25) is 0 Å². The second-order valence-electron chi connectivity index (χ2n) is 4.05. The van der Waals surface area contributed by atoms with Gasteiger partial charge in [0.1, 0.15) is 30.3 Å². The number of rotatable bonds is 4. The second kappa shape index (κ2) is 5.85. The summed E-state index contributed by atoms with van der Waals surface area (Å²) in [5, 5.41) is 22.1. The summed E-state index contributed by atoms with van der Waals surface area (Å²) in [6.07, 6.45) is -1.20. The van der Waals surface area contributed by atoms with Crippen molar-refractivity contribution in [3.05, 3.63) is 11.5 Å². The summed E-state index contributed by atoms with van der Waals surface area (Å²) in [5.74, 6) is 0.272. The van der Waals surface area contributed by atoms with Crippen LogP contribution in [0.2, 0.25) is 5.15 Å². The van der Waals surface area contributed by atoms with E-state index >= 15 is 0 Å². The Morgan fingerprint density at radius 3 is 2.95 bits per heavy atom. The van der Waals surface area contributed by atoms with Crippen LogP contribution >= 0.6 is 11.6 Å². The molecule has 0 aromatic carbocycles. The van der Waals surface area contributed by atoms with Crippen LogP contribution in [0.1, 0.15) is 0 Å². The van der Waals surface area contributed by atoms with E-state index < -0.39 is 24.5 Å². The van der Waals surface area contributed by atoms with E-state index in [9.17, 15) is 5.11 Å². The van der Waals surface area contributed by atoms with E-state index in [2.05, 4.69) is 15.3 Å². The Kier molecular flexibility index (Phi) is 4.38. The lowest BCUT2D eigenvalue weighted by molar-refractivity contribution is -0.129. The number of ether oxygens (including phenoxy) is 2. The zero-order valence-corrected chi connectivity index (χ0v) is 10.9. The molecule has 0 amide bonds. The van der Waals surface area contributed by atoms with Gasteiger partial charge >= 0.3 is 0 Å². The zero-order chi connectivity index (χ0) is 14.0. The highest BCUT2D eigenvalue weighted by molar-refractivity contribution is 6.32. The summed E-state index contributed by atoms with van der Waals surface area (Å²) in [4.78, 5) is 7.67. The van der Waals surface area contributed by atoms with Gasteiger partial charge in [-0.15, -0.1) is 0 Å². The largest absolute Gasteiger partial charge is 0.394 e. The fourth-order valence-corrected chi connectivity index (χ4v) is 2.02. The quantitative estimate of drug-likeness (QED) is 0.533. The molecule has 0 radical (unpaired) electrons. The number of nitrogen functional groups attached to an aromatic ring is 1. The molecular formula is C10H15ClN4O4. The van der Waals surface area contributed by atoms with Gasteiger partial charge in [0.15, 0.2) is 17.3 Å². The number of nitrogens with one attached hydrogen (secondary N) is 1. The standard InChI is InChI=1S/C10H15ClN4O4/c1-18-10-6(7(17)4(2-16)19-10)15-9-5(12)8(11)13-3-14-9/h3-4,6-7,10,16-17H,2,12H2,1H3,(H,13,14,15). The highest BCUT2D eigenvalue weighted by Crippen LogP contribution is 2.28. The summed E-state index contributed by atoms with van der Waals surface area (Å²) in [5.41, 5.74) is 5.89. The van der Waals surface area contributed by atoms with Crippen molar-refractivity contribution in [1.82, 2.24) is 9.97 Å². The van der Waals surface area contributed by atoms with Crippen LogP contribution in [0.4, 0.5) is 11.5 Å². The molecule has 9 heteroatoms. The number of methoxy groups -OCH3 is 1. The number of aliphatic hydroxyl groups excluding tert-OH is 2. The van der Waals surface area contributed by atoms with Gasteiger partial charge in [-0.1, -0.05) is 11.6 Å². The van der Waals surface area contributed by atoms with Crippen LogP contribution in [0.15, 0.2) is 6.33 Å². The van der Waals surface area contributed by atoms with Crippen molar-refractivity contribution in [3.8, 4) is 0 Å². The highest BCUT2D eigenvalue weighted by Gasteiger charge is 2.44. The molecule has 1 aromatic rings. The van der Waals surface area contributed by atoms with E-state index in [1.165, 1.54) is 13.4 Å². The molecule has 1 saturated heterocycles. The molecule has 0 bridgehead atoms. The fourth-order valence-electron chi connectivity index (χ4n) is 1.88. The number of aromatic nitrogens is 2. The van der Waals surface area contributed by atoms with Crippen molar-refractivity contribution in [3.63, 3.8) is 0 Å². The highest BCUT2D eigenvalue weighted by atomic mass is 35.5. The lowest BCUT2D eigenvalue weighted by Gasteiger charge is -2.21. The second-order valence-corrected chi connectivity index (χ2v) is 4.41. The molecule has 1 aliphatic heterocycles.